The summed E-state index contributed by atoms with van der Waals surface area (Å²) in [4.78, 5) is 0. The highest BCUT2D eigenvalue weighted by Gasteiger charge is 1.54. The Morgan fingerprint density at radius 2 is 2.60 bits per heavy atom. The number of hydrogen-bond acceptors (Lipinski definition) is 3. The standard InChI is InChI=1S/C2H6N2S/c3-4-1-2-5/h1,5H,2-3H2. The SMILES string of the molecule is NN=CCS. The third kappa shape index (κ3) is 3.82. The molecule has 0 rings (SSSR count). The third-order valence-electron chi connectivity index (χ3n) is 0.187. The van der Waals surface area contributed by atoms with E-state index in [2.05, 4.69) is 23.6 Å². The van der Waals surface area contributed by atoms with Crippen LogP contribution in [0.1, 0.15) is 0 Å². The normalized spacial score (nSPS) is 9.80. The molecule has 0 aliphatic heterocycles. The van der Waals surface area contributed by atoms with Gasteiger partial charge in [-0.15, -0.1) is 0 Å². The number of nitrogens with two attached hydrogens (primary N) is 1. The highest BCUT2D eigenvalue weighted by molar-refractivity contribution is 7.80. The molecular weight excluding hydrogens is 84.1 g/mol. The summed E-state index contributed by atoms with van der Waals surface area (Å²) in [6.07, 6.45) is 1.52. The molecule has 0 radical (unpaired) electrons. The molecule has 0 aromatic heterocycles. The van der Waals surface area contributed by atoms with Gasteiger partial charge in [-0.25, -0.2) is 0 Å². The summed E-state index contributed by atoms with van der Waals surface area (Å²) in [6.45, 7) is 0. The molecule has 3 heteroatoms. The molecule has 0 spiro atoms. The Balaban J connectivity index is 2.62. The minimum Gasteiger partial charge on any atom is -0.324 e. The first-order chi connectivity index (χ1) is 2.41. The molecule has 0 amide bonds. The van der Waals surface area contributed by atoms with Crippen LogP contribution in [0.15, 0.2) is 5.10 Å². The zero-order chi connectivity index (χ0) is 4.12. The molecule has 0 atom stereocenters. The monoisotopic (exact) mass is 90.0 g/mol. The van der Waals surface area contributed by atoms with Crippen molar-refractivity contribution in [2.75, 3.05) is 5.75 Å². The molecule has 30 valence electrons. The van der Waals surface area contributed by atoms with Crippen LogP contribution >= 0.6 is 12.6 Å². The van der Waals surface area contributed by atoms with Gasteiger partial charge >= 0.3 is 0 Å². The molecule has 2 nitrogen and oxygen atoms in total. The molecule has 0 saturated carbocycles. The lowest BCUT2D eigenvalue weighted by Gasteiger charge is -1.66. The molecule has 0 aliphatic carbocycles. The Kier molecular flexibility index (Phi) is 3.68. The van der Waals surface area contributed by atoms with Crippen LogP contribution in [0.2, 0.25) is 0 Å². The summed E-state index contributed by atoms with van der Waals surface area (Å²) in [5, 5.41) is 3.15. The van der Waals surface area contributed by atoms with Gasteiger partial charge in [0.2, 0.25) is 0 Å². The fourth-order valence-corrected chi connectivity index (χ4v) is 0.141. The topological polar surface area (TPSA) is 38.4 Å². The molecule has 0 fully saturated rings. The van der Waals surface area contributed by atoms with Crippen LogP contribution in [0, 0.1) is 0 Å². The summed E-state index contributed by atoms with van der Waals surface area (Å²) in [5.74, 6) is 5.28. The van der Waals surface area contributed by atoms with Gasteiger partial charge in [-0.3, -0.25) is 0 Å². The van der Waals surface area contributed by atoms with E-state index in [0.29, 0.717) is 5.75 Å². The molecule has 0 bridgehead atoms. The van der Waals surface area contributed by atoms with Crippen molar-refractivity contribution in [3.8, 4) is 0 Å². The first-order valence-electron chi connectivity index (χ1n) is 1.24. The molecule has 0 aliphatic rings. The molecule has 5 heavy (non-hydrogen) atoms. The van der Waals surface area contributed by atoms with E-state index in [1.807, 2.05) is 0 Å². The smallest absolute Gasteiger partial charge is 0.0336 e. The number of rotatable bonds is 1. The Morgan fingerprint density at radius 3 is 2.60 bits per heavy atom. The van der Waals surface area contributed by atoms with Crippen LogP contribution in [0.25, 0.3) is 0 Å². The van der Waals surface area contributed by atoms with Crippen molar-refractivity contribution in [3.05, 3.63) is 0 Å². The lowest BCUT2D eigenvalue weighted by atomic mass is 10.9. The Bertz CT molecular complexity index is 34.6. The van der Waals surface area contributed by atoms with Crippen LogP contribution in [0.4, 0.5) is 0 Å². The largest absolute Gasteiger partial charge is 0.324 e. The van der Waals surface area contributed by atoms with E-state index < -0.39 is 0 Å². The Morgan fingerprint density at radius 1 is 2.00 bits per heavy atom. The van der Waals surface area contributed by atoms with Crippen molar-refractivity contribution in [2.45, 2.75) is 0 Å². The zero-order valence-electron chi connectivity index (χ0n) is 2.76. The highest BCUT2D eigenvalue weighted by atomic mass is 32.1. The molecular formula is C2H6N2S. The predicted octanol–water partition coefficient (Wildman–Crippen LogP) is -0.139. The maximum Gasteiger partial charge on any atom is 0.0336 e. The lowest BCUT2D eigenvalue weighted by molar-refractivity contribution is 1.26. The van der Waals surface area contributed by atoms with Gasteiger partial charge in [0.15, 0.2) is 0 Å². The Hall–Kier alpha value is -0.180. The van der Waals surface area contributed by atoms with Crippen molar-refractivity contribution >= 4 is 18.8 Å². The first-order valence-corrected chi connectivity index (χ1v) is 1.87. The molecule has 2 N–H and O–H groups in total. The Labute approximate surface area is 36.5 Å². The van der Waals surface area contributed by atoms with Crippen LogP contribution in [0.3, 0.4) is 0 Å². The van der Waals surface area contributed by atoms with Gasteiger partial charge < -0.3 is 5.84 Å². The maximum absolute atomic E-state index is 4.66. The van der Waals surface area contributed by atoms with Crippen molar-refractivity contribution in [3.63, 3.8) is 0 Å². The van der Waals surface area contributed by atoms with E-state index in [4.69, 9.17) is 0 Å². The number of hydrazone groups is 1. The molecule has 0 heterocycles. The van der Waals surface area contributed by atoms with Crippen LogP contribution in [-0.2, 0) is 0 Å². The summed E-state index contributed by atoms with van der Waals surface area (Å²) in [6, 6.07) is 0. The average Bonchev–Trinajstić information content (AvgIpc) is 1.41. The van der Waals surface area contributed by atoms with Crippen molar-refractivity contribution < 1.29 is 0 Å². The predicted molar refractivity (Wildman–Crippen MR) is 26.5 cm³/mol. The van der Waals surface area contributed by atoms with Crippen LogP contribution in [-0.4, -0.2) is 12.0 Å². The van der Waals surface area contributed by atoms with Crippen molar-refractivity contribution in [1.29, 1.82) is 0 Å². The number of hydrogen-bond donors (Lipinski definition) is 2. The molecule has 0 saturated heterocycles. The number of nitrogens with zero attached hydrogens (tertiary/aromatic N) is 1. The van der Waals surface area contributed by atoms with Gasteiger partial charge in [0.1, 0.15) is 0 Å². The summed E-state index contributed by atoms with van der Waals surface area (Å²) in [5.41, 5.74) is 0. The quantitative estimate of drug-likeness (QED) is 0.200. The van der Waals surface area contributed by atoms with Gasteiger partial charge in [-0.05, 0) is 0 Å². The summed E-state index contributed by atoms with van der Waals surface area (Å²) >= 11 is 3.77. The second kappa shape index (κ2) is 3.82. The van der Waals surface area contributed by atoms with Gasteiger partial charge in [-0.1, -0.05) is 0 Å². The van der Waals surface area contributed by atoms with E-state index in [0.717, 1.165) is 0 Å². The fraction of sp³-hybridized carbons (Fsp3) is 0.500. The van der Waals surface area contributed by atoms with Crippen LogP contribution < -0.4 is 5.84 Å². The van der Waals surface area contributed by atoms with Gasteiger partial charge in [-0.2, -0.15) is 17.7 Å². The third-order valence-corrected chi connectivity index (χ3v) is 0.350. The lowest BCUT2D eigenvalue weighted by Crippen LogP contribution is -1.81. The van der Waals surface area contributed by atoms with E-state index in [9.17, 15) is 0 Å². The second-order valence-corrected chi connectivity index (χ2v) is 0.879. The zero-order valence-corrected chi connectivity index (χ0v) is 3.65. The number of thiol groups is 1. The minimum absolute atomic E-state index is 0.622. The summed E-state index contributed by atoms with van der Waals surface area (Å²) in [7, 11) is 0. The molecule has 0 aromatic rings. The van der Waals surface area contributed by atoms with E-state index in [-0.39, 0.29) is 0 Å². The fourth-order valence-electron chi connectivity index (χ4n) is 0.0471. The van der Waals surface area contributed by atoms with E-state index in [1.54, 1.807) is 0 Å². The van der Waals surface area contributed by atoms with Gasteiger partial charge in [0.05, 0.1) is 0 Å². The second-order valence-electron chi connectivity index (χ2n) is 0.514. The molecule has 0 unspecified atom stereocenters. The first kappa shape index (κ1) is 4.82. The van der Waals surface area contributed by atoms with Crippen molar-refractivity contribution in [2.24, 2.45) is 10.9 Å². The van der Waals surface area contributed by atoms with Crippen molar-refractivity contribution in [1.82, 2.24) is 0 Å². The highest BCUT2D eigenvalue weighted by Crippen LogP contribution is 1.59. The molecule has 0 aromatic carbocycles. The van der Waals surface area contributed by atoms with Gasteiger partial charge in [0.25, 0.3) is 0 Å². The maximum atomic E-state index is 4.66. The minimum atomic E-state index is 0.622. The van der Waals surface area contributed by atoms with E-state index in [1.165, 1.54) is 6.21 Å². The van der Waals surface area contributed by atoms with Gasteiger partial charge in [0, 0.05) is 12.0 Å². The average molecular weight is 90.2 g/mol. The van der Waals surface area contributed by atoms with Crippen LogP contribution in [0.5, 0.6) is 0 Å². The summed E-state index contributed by atoms with van der Waals surface area (Å²) < 4.78 is 0. The van der Waals surface area contributed by atoms with E-state index >= 15 is 0 Å².